The lowest BCUT2D eigenvalue weighted by molar-refractivity contribution is 0.416. The summed E-state index contributed by atoms with van der Waals surface area (Å²) in [6.07, 6.45) is 0. The summed E-state index contributed by atoms with van der Waals surface area (Å²) in [6.45, 7) is 4.38. The first-order chi connectivity index (χ1) is 9.72. The maximum absolute atomic E-state index is 5.51. The van der Waals surface area contributed by atoms with E-state index in [4.69, 9.17) is 4.74 Å². The molecule has 0 saturated heterocycles. The SMILES string of the molecule is COc1ccccc1-c1cc2ccccc2c(C)c1C. The lowest BCUT2D eigenvalue weighted by Crippen LogP contribution is -1.93. The van der Waals surface area contributed by atoms with Crippen molar-refractivity contribution in [2.45, 2.75) is 13.8 Å². The zero-order chi connectivity index (χ0) is 14.1. The summed E-state index contributed by atoms with van der Waals surface area (Å²) in [5.41, 5.74) is 5.05. The number of hydrogen-bond acceptors (Lipinski definition) is 1. The maximum Gasteiger partial charge on any atom is 0.126 e. The van der Waals surface area contributed by atoms with Crippen LogP contribution in [-0.2, 0) is 0 Å². The van der Waals surface area contributed by atoms with Crippen molar-refractivity contribution < 1.29 is 4.74 Å². The summed E-state index contributed by atoms with van der Waals surface area (Å²) in [5.74, 6) is 0.922. The van der Waals surface area contributed by atoms with Crippen molar-refractivity contribution in [3.63, 3.8) is 0 Å². The Morgan fingerprint density at radius 1 is 0.750 bits per heavy atom. The summed E-state index contributed by atoms with van der Waals surface area (Å²) in [7, 11) is 1.72. The minimum Gasteiger partial charge on any atom is -0.496 e. The highest BCUT2D eigenvalue weighted by molar-refractivity contribution is 5.93. The van der Waals surface area contributed by atoms with E-state index in [9.17, 15) is 0 Å². The second-order valence-electron chi connectivity index (χ2n) is 5.10. The molecule has 0 aliphatic carbocycles. The maximum atomic E-state index is 5.51. The molecule has 0 spiro atoms. The molecule has 0 N–H and O–H groups in total. The van der Waals surface area contributed by atoms with Crippen molar-refractivity contribution in [3.8, 4) is 16.9 Å². The van der Waals surface area contributed by atoms with Crippen LogP contribution in [-0.4, -0.2) is 7.11 Å². The largest absolute Gasteiger partial charge is 0.496 e. The van der Waals surface area contributed by atoms with Gasteiger partial charge in [-0.2, -0.15) is 0 Å². The standard InChI is InChI=1S/C19H18O/c1-13-14(2)18(12-15-8-4-5-9-16(13)15)17-10-6-7-11-19(17)20-3/h4-12H,1-3H3. The van der Waals surface area contributed by atoms with Gasteiger partial charge in [-0.1, -0.05) is 42.5 Å². The zero-order valence-corrected chi connectivity index (χ0v) is 12.1. The average Bonchev–Trinajstić information content (AvgIpc) is 2.51. The van der Waals surface area contributed by atoms with Crippen molar-refractivity contribution in [3.05, 3.63) is 65.7 Å². The van der Waals surface area contributed by atoms with Crippen molar-refractivity contribution in [1.82, 2.24) is 0 Å². The van der Waals surface area contributed by atoms with Crippen molar-refractivity contribution >= 4 is 10.8 Å². The van der Waals surface area contributed by atoms with Gasteiger partial charge in [0.25, 0.3) is 0 Å². The molecule has 0 unspecified atom stereocenters. The Labute approximate surface area is 119 Å². The predicted molar refractivity (Wildman–Crippen MR) is 85.4 cm³/mol. The minimum atomic E-state index is 0.922. The van der Waals surface area contributed by atoms with Gasteiger partial charge in [-0.3, -0.25) is 0 Å². The molecule has 100 valence electrons. The number of para-hydroxylation sites is 1. The minimum absolute atomic E-state index is 0.922. The molecule has 3 rings (SSSR count). The average molecular weight is 262 g/mol. The van der Waals surface area contributed by atoms with E-state index >= 15 is 0 Å². The molecule has 0 aliphatic heterocycles. The Hall–Kier alpha value is -2.28. The zero-order valence-electron chi connectivity index (χ0n) is 12.1. The summed E-state index contributed by atoms with van der Waals surface area (Å²) >= 11 is 0. The Kier molecular flexibility index (Phi) is 3.19. The van der Waals surface area contributed by atoms with Crippen LogP contribution in [0.25, 0.3) is 21.9 Å². The van der Waals surface area contributed by atoms with E-state index < -0.39 is 0 Å². The number of fused-ring (bicyclic) bond motifs is 1. The number of hydrogen-bond donors (Lipinski definition) is 0. The Bertz CT molecular complexity index is 772. The third kappa shape index (κ3) is 1.96. The quantitative estimate of drug-likeness (QED) is 0.622. The van der Waals surface area contributed by atoms with Crippen LogP contribution in [0.3, 0.4) is 0 Å². The third-order valence-electron chi connectivity index (χ3n) is 4.03. The molecule has 0 radical (unpaired) electrons. The predicted octanol–water partition coefficient (Wildman–Crippen LogP) is 5.13. The van der Waals surface area contributed by atoms with Gasteiger partial charge in [0.1, 0.15) is 5.75 Å². The number of methoxy groups -OCH3 is 1. The van der Waals surface area contributed by atoms with Gasteiger partial charge >= 0.3 is 0 Å². The van der Waals surface area contributed by atoms with Gasteiger partial charge in [-0.05, 0) is 53.4 Å². The van der Waals surface area contributed by atoms with Crippen LogP contribution >= 0.6 is 0 Å². The van der Waals surface area contributed by atoms with Crippen LogP contribution in [0.2, 0.25) is 0 Å². The first-order valence-corrected chi connectivity index (χ1v) is 6.84. The summed E-state index contributed by atoms with van der Waals surface area (Å²) < 4.78 is 5.51. The van der Waals surface area contributed by atoms with E-state index in [0.29, 0.717) is 0 Å². The second-order valence-corrected chi connectivity index (χ2v) is 5.10. The number of aryl methyl sites for hydroxylation is 1. The highest BCUT2D eigenvalue weighted by Crippen LogP contribution is 2.36. The van der Waals surface area contributed by atoms with Gasteiger partial charge in [0, 0.05) is 5.56 Å². The molecule has 1 nitrogen and oxygen atoms in total. The third-order valence-corrected chi connectivity index (χ3v) is 4.03. The molecule has 0 aliphatic rings. The molecular weight excluding hydrogens is 244 g/mol. The summed E-state index contributed by atoms with van der Waals surface area (Å²) in [4.78, 5) is 0. The van der Waals surface area contributed by atoms with Crippen LogP contribution in [0.5, 0.6) is 5.75 Å². The number of rotatable bonds is 2. The molecule has 1 heteroatoms. The lowest BCUT2D eigenvalue weighted by atomic mass is 9.91. The first-order valence-electron chi connectivity index (χ1n) is 6.84. The number of ether oxygens (including phenoxy) is 1. The molecule has 0 amide bonds. The molecule has 0 heterocycles. The molecule has 0 fully saturated rings. The second kappa shape index (κ2) is 5.01. The van der Waals surface area contributed by atoms with Crippen molar-refractivity contribution in [2.75, 3.05) is 7.11 Å². The van der Waals surface area contributed by atoms with E-state index in [2.05, 4.69) is 56.3 Å². The molecule has 0 bridgehead atoms. The fraction of sp³-hybridized carbons (Fsp3) is 0.158. The molecule has 0 saturated carbocycles. The lowest BCUT2D eigenvalue weighted by Gasteiger charge is -2.15. The molecule has 20 heavy (non-hydrogen) atoms. The van der Waals surface area contributed by atoms with Crippen LogP contribution in [0.4, 0.5) is 0 Å². The van der Waals surface area contributed by atoms with Gasteiger partial charge in [0.15, 0.2) is 0 Å². The first kappa shape index (κ1) is 12.7. The topological polar surface area (TPSA) is 9.23 Å². The Morgan fingerprint density at radius 3 is 2.25 bits per heavy atom. The Morgan fingerprint density at radius 2 is 1.45 bits per heavy atom. The smallest absolute Gasteiger partial charge is 0.126 e. The highest BCUT2D eigenvalue weighted by Gasteiger charge is 2.11. The van der Waals surface area contributed by atoms with E-state index in [1.807, 2.05) is 12.1 Å². The van der Waals surface area contributed by atoms with Gasteiger partial charge < -0.3 is 4.74 Å². The summed E-state index contributed by atoms with van der Waals surface area (Å²) in [5, 5.41) is 2.60. The van der Waals surface area contributed by atoms with E-state index in [0.717, 1.165) is 11.3 Å². The van der Waals surface area contributed by atoms with E-state index in [1.165, 1.54) is 27.5 Å². The number of benzene rings is 3. The molecule has 3 aromatic carbocycles. The van der Waals surface area contributed by atoms with Crippen molar-refractivity contribution in [2.24, 2.45) is 0 Å². The van der Waals surface area contributed by atoms with Crippen LogP contribution in [0, 0.1) is 13.8 Å². The molecule has 0 atom stereocenters. The van der Waals surface area contributed by atoms with Crippen LogP contribution in [0.15, 0.2) is 54.6 Å². The van der Waals surface area contributed by atoms with E-state index in [-0.39, 0.29) is 0 Å². The molecular formula is C19H18O. The highest BCUT2D eigenvalue weighted by atomic mass is 16.5. The van der Waals surface area contributed by atoms with Gasteiger partial charge in [-0.25, -0.2) is 0 Å². The fourth-order valence-electron chi connectivity index (χ4n) is 2.78. The van der Waals surface area contributed by atoms with Gasteiger partial charge in [0.05, 0.1) is 7.11 Å². The van der Waals surface area contributed by atoms with Gasteiger partial charge in [-0.15, -0.1) is 0 Å². The van der Waals surface area contributed by atoms with Crippen LogP contribution in [0.1, 0.15) is 11.1 Å². The molecule has 0 aromatic heterocycles. The van der Waals surface area contributed by atoms with Crippen molar-refractivity contribution in [1.29, 1.82) is 0 Å². The van der Waals surface area contributed by atoms with E-state index in [1.54, 1.807) is 7.11 Å². The Balaban J connectivity index is 2.34. The summed E-state index contributed by atoms with van der Waals surface area (Å²) in [6, 6.07) is 19.0. The van der Waals surface area contributed by atoms with Gasteiger partial charge in [0.2, 0.25) is 0 Å². The fourth-order valence-corrected chi connectivity index (χ4v) is 2.78. The molecule has 3 aromatic rings. The monoisotopic (exact) mass is 262 g/mol. The van der Waals surface area contributed by atoms with Crippen LogP contribution < -0.4 is 4.74 Å². The normalized spacial score (nSPS) is 10.8.